The lowest BCUT2D eigenvalue weighted by molar-refractivity contribution is -0.137. The molecular formula is C7H12ClNO2. The van der Waals surface area contributed by atoms with Gasteiger partial charge in [-0.3, -0.25) is 4.79 Å². The summed E-state index contributed by atoms with van der Waals surface area (Å²) in [5.74, 6) is -0.767. The molecule has 0 rings (SSSR count). The average molecular weight is 178 g/mol. The van der Waals surface area contributed by atoms with E-state index in [9.17, 15) is 4.79 Å². The van der Waals surface area contributed by atoms with Crippen molar-refractivity contribution in [2.45, 2.75) is 12.8 Å². The van der Waals surface area contributed by atoms with Crippen molar-refractivity contribution >= 4 is 17.6 Å². The van der Waals surface area contributed by atoms with Crippen molar-refractivity contribution in [3.05, 3.63) is 11.6 Å². The van der Waals surface area contributed by atoms with Crippen LogP contribution in [-0.4, -0.2) is 24.2 Å². The van der Waals surface area contributed by atoms with Gasteiger partial charge in [0.15, 0.2) is 0 Å². The first-order valence-corrected chi connectivity index (χ1v) is 3.76. The van der Waals surface area contributed by atoms with Gasteiger partial charge in [0.05, 0.1) is 0 Å². The third-order valence-corrected chi connectivity index (χ3v) is 1.19. The highest BCUT2D eigenvalue weighted by atomic mass is 35.5. The average Bonchev–Trinajstić information content (AvgIpc) is 1.85. The van der Waals surface area contributed by atoms with E-state index >= 15 is 0 Å². The molecule has 0 aromatic carbocycles. The van der Waals surface area contributed by atoms with Crippen LogP contribution in [0.3, 0.4) is 0 Å². The van der Waals surface area contributed by atoms with Crippen LogP contribution >= 0.6 is 11.6 Å². The maximum Gasteiger partial charge on any atom is 0.303 e. The second kappa shape index (κ2) is 6.19. The fourth-order valence-electron chi connectivity index (χ4n) is 0.589. The maximum atomic E-state index is 10.0. The van der Waals surface area contributed by atoms with Crippen LogP contribution in [0.5, 0.6) is 0 Å². The number of nitrogens with one attached hydrogen (secondary N) is 1. The summed E-state index contributed by atoms with van der Waals surface area (Å²) in [7, 11) is 0. The first kappa shape index (κ1) is 10.5. The lowest BCUT2D eigenvalue weighted by atomic mass is 10.3. The summed E-state index contributed by atoms with van der Waals surface area (Å²) in [6.07, 6.45) is 0.821. The standard InChI is InChI=1S/C7H12ClNO2/c1-6(8)5-9-4-2-3-7(10)11/h9H,1-5H2,(H,10,11). The summed E-state index contributed by atoms with van der Waals surface area (Å²) in [6.45, 7) is 4.68. The van der Waals surface area contributed by atoms with Gasteiger partial charge in [0.2, 0.25) is 0 Å². The summed E-state index contributed by atoms with van der Waals surface area (Å²) in [5.41, 5.74) is 0. The predicted octanol–water partition coefficient (Wildman–Crippen LogP) is 1.19. The molecule has 64 valence electrons. The first-order valence-electron chi connectivity index (χ1n) is 3.38. The first-order chi connectivity index (χ1) is 5.13. The highest BCUT2D eigenvalue weighted by molar-refractivity contribution is 6.29. The van der Waals surface area contributed by atoms with E-state index in [2.05, 4.69) is 11.9 Å². The molecule has 0 aromatic heterocycles. The molecule has 3 nitrogen and oxygen atoms in total. The van der Waals surface area contributed by atoms with Crippen LogP contribution in [0.25, 0.3) is 0 Å². The number of aliphatic carboxylic acids is 1. The van der Waals surface area contributed by atoms with Gasteiger partial charge in [-0.05, 0) is 13.0 Å². The van der Waals surface area contributed by atoms with E-state index in [0.29, 0.717) is 24.5 Å². The van der Waals surface area contributed by atoms with Crippen LogP contribution in [0.4, 0.5) is 0 Å². The third kappa shape index (κ3) is 9.46. The number of hydrogen-bond acceptors (Lipinski definition) is 2. The molecule has 0 amide bonds. The molecule has 2 N–H and O–H groups in total. The van der Waals surface area contributed by atoms with Crippen LogP contribution < -0.4 is 5.32 Å². The fourth-order valence-corrected chi connectivity index (χ4v) is 0.683. The molecule has 4 heteroatoms. The normalized spacial score (nSPS) is 9.55. The molecular weight excluding hydrogens is 166 g/mol. The summed E-state index contributed by atoms with van der Waals surface area (Å²) in [6, 6.07) is 0. The van der Waals surface area contributed by atoms with Crippen molar-refractivity contribution in [2.75, 3.05) is 13.1 Å². The van der Waals surface area contributed by atoms with Crippen molar-refractivity contribution in [2.24, 2.45) is 0 Å². The van der Waals surface area contributed by atoms with Crippen molar-refractivity contribution < 1.29 is 9.90 Å². The Morgan fingerprint density at radius 1 is 1.64 bits per heavy atom. The monoisotopic (exact) mass is 177 g/mol. The van der Waals surface area contributed by atoms with Gasteiger partial charge >= 0.3 is 5.97 Å². The maximum absolute atomic E-state index is 10.0. The van der Waals surface area contributed by atoms with Crippen LogP contribution in [-0.2, 0) is 4.79 Å². The van der Waals surface area contributed by atoms with E-state index in [1.54, 1.807) is 0 Å². The number of carbonyl (C=O) groups is 1. The van der Waals surface area contributed by atoms with E-state index in [1.807, 2.05) is 0 Å². The molecule has 0 unspecified atom stereocenters. The molecule has 0 aliphatic carbocycles. The largest absolute Gasteiger partial charge is 0.481 e. The molecule has 0 saturated heterocycles. The van der Waals surface area contributed by atoms with Crippen molar-refractivity contribution in [1.82, 2.24) is 5.32 Å². The smallest absolute Gasteiger partial charge is 0.303 e. The quantitative estimate of drug-likeness (QED) is 0.600. The Morgan fingerprint density at radius 2 is 2.27 bits per heavy atom. The van der Waals surface area contributed by atoms with E-state index in [0.717, 1.165) is 0 Å². The second-order valence-electron chi connectivity index (χ2n) is 2.19. The van der Waals surface area contributed by atoms with Gasteiger partial charge in [0, 0.05) is 18.0 Å². The van der Waals surface area contributed by atoms with E-state index < -0.39 is 5.97 Å². The molecule has 0 aliphatic rings. The van der Waals surface area contributed by atoms with Gasteiger partial charge in [-0.25, -0.2) is 0 Å². The minimum Gasteiger partial charge on any atom is -0.481 e. The summed E-state index contributed by atoms with van der Waals surface area (Å²) >= 11 is 5.45. The summed E-state index contributed by atoms with van der Waals surface area (Å²) < 4.78 is 0. The Morgan fingerprint density at radius 3 is 2.73 bits per heavy atom. The van der Waals surface area contributed by atoms with Gasteiger partial charge in [-0.1, -0.05) is 18.2 Å². The number of carboxylic acid groups (broad SMARTS) is 1. The number of halogens is 1. The van der Waals surface area contributed by atoms with Crippen molar-refractivity contribution in [3.8, 4) is 0 Å². The third-order valence-electron chi connectivity index (χ3n) is 1.06. The van der Waals surface area contributed by atoms with Crippen LogP contribution in [0.1, 0.15) is 12.8 Å². The lowest BCUT2D eigenvalue weighted by Crippen LogP contribution is -2.17. The molecule has 0 radical (unpaired) electrons. The zero-order chi connectivity index (χ0) is 8.69. The van der Waals surface area contributed by atoms with Gasteiger partial charge in [-0.15, -0.1) is 0 Å². The molecule has 0 aromatic rings. The van der Waals surface area contributed by atoms with Gasteiger partial charge in [0.1, 0.15) is 0 Å². The molecule has 0 heterocycles. The zero-order valence-corrected chi connectivity index (χ0v) is 7.02. The molecule has 0 fully saturated rings. The summed E-state index contributed by atoms with van der Waals surface area (Å²) in [4.78, 5) is 10.0. The van der Waals surface area contributed by atoms with E-state index in [4.69, 9.17) is 16.7 Å². The number of rotatable bonds is 6. The predicted molar refractivity (Wildman–Crippen MR) is 44.7 cm³/mol. The Balaban J connectivity index is 3.03. The minimum atomic E-state index is -0.767. The van der Waals surface area contributed by atoms with Crippen molar-refractivity contribution in [3.63, 3.8) is 0 Å². The SMILES string of the molecule is C=C(Cl)CNCCCC(=O)O. The van der Waals surface area contributed by atoms with Gasteiger partial charge < -0.3 is 10.4 Å². The van der Waals surface area contributed by atoms with Crippen LogP contribution in [0.2, 0.25) is 0 Å². The van der Waals surface area contributed by atoms with Crippen LogP contribution in [0.15, 0.2) is 11.6 Å². The Bertz CT molecular complexity index is 131. The van der Waals surface area contributed by atoms with Crippen molar-refractivity contribution in [1.29, 1.82) is 0 Å². The molecule has 0 atom stereocenters. The minimum absolute atomic E-state index is 0.196. The second-order valence-corrected chi connectivity index (χ2v) is 2.73. The highest BCUT2D eigenvalue weighted by Crippen LogP contribution is 1.92. The summed E-state index contributed by atoms with van der Waals surface area (Å²) in [5, 5.41) is 11.7. The molecule has 11 heavy (non-hydrogen) atoms. The van der Waals surface area contributed by atoms with E-state index in [1.165, 1.54) is 0 Å². The number of carboxylic acids is 1. The Labute approximate surface area is 71.0 Å². The van der Waals surface area contributed by atoms with Crippen LogP contribution in [0, 0.1) is 0 Å². The number of hydrogen-bond donors (Lipinski definition) is 2. The fraction of sp³-hybridized carbons (Fsp3) is 0.571. The zero-order valence-electron chi connectivity index (χ0n) is 6.27. The highest BCUT2D eigenvalue weighted by Gasteiger charge is 1.95. The lowest BCUT2D eigenvalue weighted by Gasteiger charge is -2.00. The van der Waals surface area contributed by atoms with Gasteiger partial charge in [-0.2, -0.15) is 0 Å². The molecule has 0 bridgehead atoms. The molecule has 0 spiro atoms. The molecule has 0 saturated carbocycles. The van der Waals surface area contributed by atoms with E-state index in [-0.39, 0.29) is 6.42 Å². The Hall–Kier alpha value is -0.540. The van der Waals surface area contributed by atoms with Gasteiger partial charge in [0.25, 0.3) is 0 Å². The topological polar surface area (TPSA) is 49.3 Å². The Kier molecular flexibility index (Phi) is 5.88. The molecule has 0 aliphatic heterocycles.